The van der Waals surface area contributed by atoms with Gasteiger partial charge < -0.3 is 14.3 Å². The predicted molar refractivity (Wildman–Crippen MR) is 66.8 cm³/mol. The summed E-state index contributed by atoms with van der Waals surface area (Å²) in [6.07, 6.45) is 1.55. The van der Waals surface area contributed by atoms with Crippen molar-refractivity contribution in [2.24, 2.45) is 0 Å². The van der Waals surface area contributed by atoms with Gasteiger partial charge in [0.15, 0.2) is 17.1 Å². The van der Waals surface area contributed by atoms with Crippen LogP contribution >= 0.6 is 11.6 Å². The summed E-state index contributed by atoms with van der Waals surface area (Å²) in [5.74, 6) is 0.902. The van der Waals surface area contributed by atoms with Gasteiger partial charge in [-0.1, -0.05) is 6.92 Å². The number of aryl methyl sites for hydroxylation is 1. The van der Waals surface area contributed by atoms with E-state index in [1.54, 1.807) is 30.1 Å². The van der Waals surface area contributed by atoms with Gasteiger partial charge in [-0.3, -0.25) is 4.68 Å². The third-order valence-electron chi connectivity index (χ3n) is 2.62. The van der Waals surface area contributed by atoms with Crippen LogP contribution in [0.25, 0.3) is 0 Å². The van der Waals surface area contributed by atoms with E-state index in [1.165, 1.54) is 0 Å². The van der Waals surface area contributed by atoms with Crippen molar-refractivity contribution >= 4 is 11.6 Å². The summed E-state index contributed by atoms with van der Waals surface area (Å²) < 4.78 is 12.1. The lowest BCUT2D eigenvalue weighted by molar-refractivity contribution is 0.174. The Balaban J connectivity index is 2.38. The van der Waals surface area contributed by atoms with E-state index in [1.807, 2.05) is 6.92 Å². The number of methoxy groups -OCH3 is 1. The minimum atomic E-state index is -0.943. The Hall–Kier alpha value is -1.46. The molecule has 2 rings (SSSR count). The average molecular weight is 271 g/mol. The summed E-state index contributed by atoms with van der Waals surface area (Å²) in [6, 6.07) is 3.23. The molecule has 2 aromatic heterocycles. The molecule has 0 bridgehead atoms. The van der Waals surface area contributed by atoms with Crippen molar-refractivity contribution in [2.45, 2.75) is 26.0 Å². The lowest BCUT2D eigenvalue weighted by Crippen LogP contribution is -2.10. The summed E-state index contributed by atoms with van der Waals surface area (Å²) in [6.45, 7) is 2.73. The highest BCUT2D eigenvalue weighted by Crippen LogP contribution is 2.31. The number of nitrogens with zero attached hydrogens (tertiary/aromatic N) is 2. The maximum absolute atomic E-state index is 10.3. The van der Waals surface area contributed by atoms with E-state index in [2.05, 4.69) is 5.10 Å². The van der Waals surface area contributed by atoms with Gasteiger partial charge in [0.2, 0.25) is 0 Å². The number of furan rings is 1. The molecule has 98 valence electrons. The van der Waals surface area contributed by atoms with Gasteiger partial charge in [0.1, 0.15) is 11.5 Å². The molecule has 0 aliphatic heterocycles. The third kappa shape index (κ3) is 2.37. The van der Waals surface area contributed by atoms with E-state index >= 15 is 0 Å². The SMILES string of the molecule is CCCn1ncc(OC)c1C(O)c1ccc(Cl)o1. The van der Waals surface area contributed by atoms with Gasteiger partial charge in [0, 0.05) is 6.54 Å². The summed E-state index contributed by atoms with van der Waals surface area (Å²) in [5.41, 5.74) is 0.574. The molecule has 5 nitrogen and oxygen atoms in total. The minimum Gasteiger partial charge on any atom is -0.493 e. The molecule has 0 aliphatic rings. The number of hydrogen-bond acceptors (Lipinski definition) is 4. The smallest absolute Gasteiger partial charge is 0.193 e. The molecular formula is C12H15ClN2O3. The van der Waals surface area contributed by atoms with Crippen LogP contribution in [0.5, 0.6) is 5.75 Å². The zero-order valence-corrected chi connectivity index (χ0v) is 11.0. The quantitative estimate of drug-likeness (QED) is 0.907. The zero-order valence-electron chi connectivity index (χ0n) is 10.3. The van der Waals surface area contributed by atoms with Gasteiger partial charge in [-0.15, -0.1) is 0 Å². The van der Waals surface area contributed by atoms with E-state index in [9.17, 15) is 5.11 Å². The van der Waals surface area contributed by atoms with Gasteiger partial charge in [0.25, 0.3) is 0 Å². The first kappa shape index (κ1) is 13.0. The van der Waals surface area contributed by atoms with Crippen LogP contribution in [0.3, 0.4) is 0 Å². The molecule has 1 N–H and O–H groups in total. The normalized spacial score (nSPS) is 12.7. The van der Waals surface area contributed by atoms with Crippen molar-refractivity contribution in [3.05, 3.63) is 35.0 Å². The fourth-order valence-electron chi connectivity index (χ4n) is 1.81. The second kappa shape index (κ2) is 5.46. The van der Waals surface area contributed by atoms with Crippen LogP contribution in [0, 0.1) is 0 Å². The lowest BCUT2D eigenvalue weighted by atomic mass is 10.2. The molecule has 2 heterocycles. The fourth-order valence-corrected chi connectivity index (χ4v) is 1.96. The summed E-state index contributed by atoms with van der Waals surface area (Å²) in [4.78, 5) is 0. The molecule has 0 spiro atoms. The Kier molecular flexibility index (Phi) is 3.93. The Morgan fingerprint density at radius 1 is 1.56 bits per heavy atom. The average Bonchev–Trinajstić information content (AvgIpc) is 2.95. The van der Waals surface area contributed by atoms with Gasteiger partial charge in [-0.2, -0.15) is 5.10 Å². The molecule has 0 saturated heterocycles. The van der Waals surface area contributed by atoms with Crippen LogP contribution in [-0.4, -0.2) is 22.0 Å². The van der Waals surface area contributed by atoms with E-state index in [4.69, 9.17) is 20.8 Å². The molecule has 0 amide bonds. The van der Waals surface area contributed by atoms with Crippen molar-refractivity contribution in [1.29, 1.82) is 0 Å². The molecule has 0 radical (unpaired) electrons. The number of rotatable bonds is 5. The van der Waals surface area contributed by atoms with Gasteiger partial charge in [-0.25, -0.2) is 0 Å². The molecule has 0 saturated carbocycles. The zero-order chi connectivity index (χ0) is 13.1. The van der Waals surface area contributed by atoms with Crippen LogP contribution in [0.15, 0.2) is 22.7 Å². The van der Waals surface area contributed by atoms with Gasteiger partial charge in [0.05, 0.1) is 13.3 Å². The molecular weight excluding hydrogens is 256 g/mol. The first-order valence-corrected chi connectivity index (χ1v) is 6.08. The van der Waals surface area contributed by atoms with Crippen molar-refractivity contribution in [1.82, 2.24) is 9.78 Å². The predicted octanol–water partition coefficient (Wildman–Crippen LogP) is 2.63. The molecule has 2 aromatic rings. The number of ether oxygens (including phenoxy) is 1. The summed E-state index contributed by atoms with van der Waals surface area (Å²) in [7, 11) is 1.54. The number of aliphatic hydroxyl groups is 1. The maximum atomic E-state index is 10.3. The van der Waals surface area contributed by atoms with E-state index in [0.29, 0.717) is 23.7 Å². The molecule has 6 heteroatoms. The number of hydrogen-bond donors (Lipinski definition) is 1. The van der Waals surface area contributed by atoms with Crippen molar-refractivity contribution in [3.63, 3.8) is 0 Å². The molecule has 18 heavy (non-hydrogen) atoms. The van der Waals surface area contributed by atoms with Crippen molar-refractivity contribution < 1.29 is 14.3 Å². The number of halogens is 1. The van der Waals surface area contributed by atoms with E-state index in [-0.39, 0.29) is 5.22 Å². The monoisotopic (exact) mass is 270 g/mol. The largest absolute Gasteiger partial charge is 0.493 e. The third-order valence-corrected chi connectivity index (χ3v) is 2.83. The highest BCUT2D eigenvalue weighted by Gasteiger charge is 2.23. The van der Waals surface area contributed by atoms with E-state index < -0.39 is 6.10 Å². The molecule has 1 atom stereocenters. The maximum Gasteiger partial charge on any atom is 0.193 e. The molecule has 0 aliphatic carbocycles. The Morgan fingerprint density at radius 3 is 2.89 bits per heavy atom. The highest BCUT2D eigenvalue weighted by molar-refractivity contribution is 6.28. The Labute approximate surface area is 110 Å². The topological polar surface area (TPSA) is 60.4 Å². The first-order valence-electron chi connectivity index (χ1n) is 5.70. The molecule has 0 aromatic carbocycles. The van der Waals surface area contributed by atoms with Gasteiger partial charge in [-0.05, 0) is 30.2 Å². The lowest BCUT2D eigenvalue weighted by Gasteiger charge is -2.12. The van der Waals surface area contributed by atoms with Crippen LogP contribution < -0.4 is 4.74 Å². The minimum absolute atomic E-state index is 0.240. The fraction of sp³-hybridized carbons (Fsp3) is 0.417. The summed E-state index contributed by atoms with van der Waals surface area (Å²) in [5, 5.41) is 14.7. The highest BCUT2D eigenvalue weighted by atomic mass is 35.5. The van der Waals surface area contributed by atoms with Crippen LogP contribution in [-0.2, 0) is 6.54 Å². The second-order valence-corrected chi connectivity index (χ2v) is 4.24. The summed E-state index contributed by atoms with van der Waals surface area (Å²) >= 11 is 5.71. The molecule has 1 unspecified atom stereocenters. The number of aliphatic hydroxyl groups excluding tert-OH is 1. The van der Waals surface area contributed by atoms with Crippen molar-refractivity contribution in [3.8, 4) is 5.75 Å². The number of aromatic nitrogens is 2. The molecule has 0 fully saturated rings. The van der Waals surface area contributed by atoms with Gasteiger partial charge >= 0.3 is 0 Å². The van der Waals surface area contributed by atoms with Crippen molar-refractivity contribution in [2.75, 3.05) is 7.11 Å². The first-order chi connectivity index (χ1) is 8.67. The van der Waals surface area contributed by atoms with Crippen LogP contribution in [0.1, 0.15) is 30.9 Å². The second-order valence-electron chi connectivity index (χ2n) is 3.87. The standard InChI is InChI=1S/C12H15ClN2O3/c1-3-6-15-11(9(17-2)7-14-15)12(16)8-4-5-10(13)18-8/h4-5,7,12,16H,3,6H2,1-2H3. The Bertz CT molecular complexity index is 521. The van der Waals surface area contributed by atoms with E-state index in [0.717, 1.165) is 6.42 Å². The Morgan fingerprint density at radius 2 is 2.33 bits per heavy atom. The van der Waals surface area contributed by atoms with Crippen LogP contribution in [0.4, 0.5) is 0 Å². The van der Waals surface area contributed by atoms with Crippen LogP contribution in [0.2, 0.25) is 5.22 Å².